The van der Waals surface area contributed by atoms with Crippen molar-refractivity contribution in [2.75, 3.05) is 18.0 Å². The van der Waals surface area contributed by atoms with Crippen LogP contribution >= 0.6 is 11.6 Å². The monoisotopic (exact) mass is 386 g/mol. The molecule has 1 saturated carbocycles. The van der Waals surface area contributed by atoms with Crippen molar-refractivity contribution in [2.24, 2.45) is 5.92 Å². The molecule has 0 amide bonds. The Morgan fingerprint density at radius 1 is 1.33 bits per heavy atom. The first-order valence-electron chi connectivity index (χ1n) is 9.11. The average Bonchev–Trinajstić information content (AvgIpc) is 3.17. The quantitative estimate of drug-likeness (QED) is 0.715. The molecule has 1 aliphatic heterocycles. The molecule has 1 aliphatic carbocycles. The minimum atomic E-state index is -0.739. The van der Waals surface area contributed by atoms with Gasteiger partial charge in [0, 0.05) is 19.3 Å². The second-order valence-electron chi connectivity index (χ2n) is 7.38. The zero-order valence-corrected chi connectivity index (χ0v) is 15.4. The van der Waals surface area contributed by atoms with Crippen LogP contribution in [-0.4, -0.2) is 48.9 Å². The van der Waals surface area contributed by atoms with Gasteiger partial charge in [-0.15, -0.1) is 0 Å². The normalized spacial score (nSPS) is 21.5. The van der Waals surface area contributed by atoms with E-state index in [9.17, 15) is 9.90 Å². The Labute approximate surface area is 160 Å². The summed E-state index contributed by atoms with van der Waals surface area (Å²) in [5.41, 5.74) is 1.24. The van der Waals surface area contributed by atoms with Crippen molar-refractivity contribution >= 4 is 34.6 Å². The van der Waals surface area contributed by atoms with Crippen molar-refractivity contribution in [3.63, 3.8) is 0 Å². The van der Waals surface area contributed by atoms with E-state index in [-0.39, 0.29) is 11.5 Å². The summed E-state index contributed by atoms with van der Waals surface area (Å²) in [7, 11) is 0. The second kappa shape index (κ2) is 5.95. The summed E-state index contributed by atoms with van der Waals surface area (Å²) in [5.74, 6) is 0.532. The summed E-state index contributed by atoms with van der Waals surface area (Å²) in [6, 6.07) is 3.89. The summed E-state index contributed by atoms with van der Waals surface area (Å²) in [4.78, 5) is 26.1. The fourth-order valence-electron chi connectivity index (χ4n) is 3.89. The molecular weight excluding hydrogens is 368 g/mol. The molecule has 2 fully saturated rings. The Bertz CT molecular complexity index is 1020. The molecule has 9 heteroatoms. The minimum Gasteiger partial charge on any atom is -0.481 e. The molecule has 27 heavy (non-hydrogen) atoms. The number of aliphatic carboxylic acids is 1. The molecule has 0 aromatic carbocycles. The number of aromatic nitrogens is 5. The van der Waals surface area contributed by atoms with Crippen molar-refractivity contribution in [1.82, 2.24) is 24.7 Å². The first kappa shape index (κ1) is 16.6. The zero-order chi connectivity index (χ0) is 18.6. The van der Waals surface area contributed by atoms with Crippen LogP contribution in [0.5, 0.6) is 0 Å². The van der Waals surface area contributed by atoms with Crippen molar-refractivity contribution in [3.05, 3.63) is 35.4 Å². The highest BCUT2D eigenvalue weighted by Gasteiger charge is 2.50. The molecule has 4 heterocycles. The molecule has 8 nitrogen and oxygen atoms in total. The number of imidazole rings is 1. The van der Waals surface area contributed by atoms with E-state index in [2.05, 4.69) is 15.1 Å². The van der Waals surface area contributed by atoms with Crippen LogP contribution in [0.1, 0.15) is 31.5 Å². The van der Waals surface area contributed by atoms with Crippen molar-refractivity contribution in [2.45, 2.75) is 31.2 Å². The van der Waals surface area contributed by atoms with Crippen LogP contribution < -0.4 is 4.90 Å². The van der Waals surface area contributed by atoms with Crippen molar-refractivity contribution in [3.8, 4) is 0 Å². The number of pyridine rings is 1. The van der Waals surface area contributed by atoms with Crippen LogP contribution in [0.25, 0.3) is 11.2 Å². The predicted octanol–water partition coefficient (Wildman–Crippen LogP) is 2.65. The predicted molar refractivity (Wildman–Crippen MR) is 100 cm³/mol. The number of carbonyl (C=O) groups is 1. The number of nitrogens with zero attached hydrogens (tertiary/aromatic N) is 5. The van der Waals surface area contributed by atoms with Crippen LogP contribution in [0.3, 0.4) is 0 Å². The van der Waals surface area contributed by atoms with Gasteiger partial charge in [-0.25, -0.2) is 9.97 Å². The smallest absolute Gasteiger partial charge is 0.308 e. The van der Waals surface area contributed by atoms with Gasteiger partial charge in [0.15, 0.2) is 5.65 Å². The number of anilines is 1. The van der Waals surface area contributed by atoms with Crippen LogP contribution in [0.15, 0.2) is 24.5 Å². The number of piperidine rings is 1. The molecule has 0 radical (unpaired) electrons. The maximum Gasteiger partial charge on any atom is 0.308 e. The maximum absolute atomic E-state index is 11.3. The molecule has 140 valence electrons. The standard InChI is InChI=1S/C18H19ClN6O2/c19-12-8-20-25(10-12)18(5-6-18)17-21-13-3-4-14(22-15(13)23-17)24-7-1-2-11(9-24)16(26)27/h3-4,8,10-11H,1-2,5-7,9H2,(H,26,27)(H,21,22,23). The van der Waals surface area contributed by atoms with Gasteiger partial charge < -0.3 is 15.0 Å². The van der Waals surface area contributed by atoms with Crippen LogP contribution in [-0.2, 0) is 10.3 Å². The highest BCUT2D eigenvalue weighted by atomic mass is 35.5. The van der Waals surface area contributed by atoms with Gasteiger partial charge in [-0.3, -0.25) is 9.48 Å². The molecule has 3 aromatic rings. The van der Waals surface area contributed by atoms with Crippen LogP contribution in [0.4, 0.5) is 5.82 Å². The van der Waals surface area contributed by atoms with Gasteiger partial charge in [-0.2, -0.15) is 5.10 Å². The molecule has 2 N–H and O–H groups in total. The molecule has 2 aliphatic rings. The van der Waals surface area contributed by atoms with Gasteiger partial charge in [0.05, 0.1) is 22.7 Å². The Morgan fingerprint density at radius 2 is 2.19 bits per heavy atom. The van der Waals surface area contributed by atoms with Gasteiger partial charge in [0.25, 0.3) is 0 Å². The number of halogens is 1. The summed E-state index contributed by atoms with van der Waals surface area (Å²) in [5, 5.41) is 14.3. The lowest BCUT2D eigenvalue weighted by Gasteiger charge is -2.31. The zero-order valence-electron chi connectivity index (χ0n) is 14.6. The fraction of sp³-hybridized carbons (Fsp3) is 0.444. The Balaban J connectivity index is 1.46. The number of hydrogen-bond donors (Lipinski definition) is 2. The average molecular weight is 387 g/mol. The number of carboxylic acid groups (broad SMARTS) is 1. The van der Waals surface area contributed by atoms with Gasteiger partial charge >= 0.3 is 5.97 Å². The summed E-state index contributed by atoms with van der Waals surface area (Å²) >= 11 is 6.03. The van der Waals surface area contributed by atoms with Crippen LogP contribution in [0, 0.1) is 5.92 Å². The molecule has 0 bridgehead atoms. The molecule has 0 spiro atoms. The lowest BCUT2D eigenvalue weighted by atomic mass is 9.98. The molecule has 1 saturated heterocycles. The van der Waals surface area contributed by atoms with E-state index in [1.54, 1.807) is 6.20 Å². The lowest BCUT2D eigenvalue weighted by molar-refractivity contribution is -0.141. The number of nitrogens with one attached hydrogen (secondary N) is 1. The highest BCUT2D eigenvalue weighted by molar-refractivity contribution is 6.30. The first-order chi connectivity index (χ1) is 13.0. The molecule has 3 aromatic heterocycles. The molecular formula is C18H19ClN6O2. The third-order valence-electron chi connectivity index (χ3n) is 5.58. The Kier molecular flexibility index (Phi) is 3.65. The molecule has 1 unspecified atom stereocenters. The van der Waals surface area contributed by atoms with E-state index in [1.165, 1.54) is 0 Å². The number of H-pyrrole nitrogens is 1. The highest BCUT2D eigenvalue weighted by Crippen LogP contribution is 2.48. The second-order valence-corrected chi connectivity index (χ2v) is 7.82. The third-order valence-corrected chi connectivity index (χ3v) is 5.78. The number of rotatable bonds is 4. The third kappa shape index (κ3) is 2.75. The summed E-state index contributed by atoms with van der Waals surface area (Å²) in [6.45, 7) is 1.30. The number of carboxylic acids is 1. The van der Waals surface area contributed by atoms with Gasteiger partial charge in [-0.1, -0.05) is 11.6 Å². The van der Waals surface area contributed by atoms with E-state index >= 15 is 0 Å². The summed E-state index contributed by atoms with van der Waals surface area (Å²) in [6.07, 6.45) is 6.92. The fourth-order valence-corrected chi connectivity index (χ4v) is 4.03. The number of aromatic amines is 1. The van der Waals surface area contributed by atoms with Crippen LogP contribution in [0.2, 0.25) is 5.02 Å². The first-order valence-corrected chi connectivity index (χ1v) is 9.49. The maximum atomic E-state index is 11.3. The molecule has 1 atom stereocenters. The topological polar surface area (TPSA) is 99.9 Å². The SMILES string of the molecule is O=C(O)C1CCCN(c2ccc3[nH]c(C4(n5cc(Cl)cn5)CC4)nc3n2)C1. The largest absolute Gasteiger partial charge is 0.481 e. The van der Waals surface area contributed by atoms with Gasteiger partial charge in [-0.05, 0) is 37.8 Å². The molecule has 5 rings (SSSR count). The lowest BCUT2D eigenvalue weighted by Crippen LogP contribution is -2.39. The number of hydrogen-bond acceptors (Lipinski definition) is 5. The summed E-state index contributed by atoms with van der Waals surface area (Å²) < 4.78 is 1.87. The Hall–Kier alpha value is -2.61. The minimum absolute atomic E-state index is 0.270. The number of fused-ring (bicyclic) bond motifs is 1. The van der Waals surface area contributed by atoms with E-state index < -0.39 is 5.97 Å². The van der Waals surface area contributed by atoms with Crippen molar-refractivity contribution in [1.29, 1.82) is 0 Å². The Morgan fingerprint density at radius 3 is 2.89 bits per heavy atom. The van der Waals surface area contributed by atoms with E-state index in [0.29, 0.717) is 17.2 Å². The van der Waals surface area contributed by atoms with Gasteiger partial charge in [0.1, 0.15) is 17.2 Å². The van der Waals surface area contributed by atoms with E-state index in [1.807, 2.05) is 27.9 Å². The van der Waals surface area contributed by atoms with E-state index in [4.69, 9.17) is 16.6 Å². The van der Waals surface area contributed by atoms with Crippen molar-refractivity contribution < 1.29 is 9.90 Å². The van der Waals surface area contributed by atoms with E-state index in [0.717, 1.165) is 49.4 Å². The van der Waals surface area contributed by atoms with Gasteiger partial charge in [0.2, 0.25) is 0 Å².